The lowest BCUT2D eigenvalue weighted by Crippen LogP contribution is -2.30. The Balaban J connectivity index is 1.65. The highest BCUT2D eigenvalue weighted by Crippen LogP contribution is 2.18. The maximum Gasteiger partial charge on any atom is 0.320 e. The van der Waals surface area contributed by atoms with Gasteiger partial charge in [-0.3, -0.25) is 10.3 Å². The van der Waals surface area contributed by atoms with Gasteiger partial charge in [-0.15, -0.1) is 0 Å². The van der Waals surface area contributed by atoms with Gasteiger partial charge in [-0.1, -0.05) is 30.3 Å². The number of allylic oxidation sites excluding steroid dienone is 1. The fourth-order valence-corrected chi connectivity index (χ4v) is 2.59. The van der Waals surface area contributed by atoms with Gasteiger partial charge in [0.25, 0.3) is 0 Å². The van der Waals surface area contributed by atoms with Crippen molar-refractivity contribution in [3.05, 3.63) is 72.1 Å². The summed E-state index contributed by atoms with van der Waals surface area (Å²) in [7, 11) is 0. The molecule has 0 saturated carbocycles. The molecule has 2 amide bonds. The third kappa shape index (κ3) is 4.66. The highest BCUT2D eigenvalue weighted by Gasteiger charge is 2.06. The van der Waals surface area contributed by atoms with Crippen LogP contribution in [0.15, 0.2) is 60.9 Å². The van der Waals surface area contributed by atoms with E-state index < -0.39 is 0 Å². The Labute approximate surface area is 156 Å². The Morgan fingerprint density at radius 2 is 1.96 bits per heavy atom. The van der Waals surface area contributed by atoms with Crippen LogP contribution in [0.4, 0.5) is 10.6 Å². The zero-order valence-electron chi connectivity index (χ0n) is 14.6. The molecule has 2 aromatic heterocycles. The van der Waals surface area contributed by atoms with Gasteiger partial charge in [0.05, 0.1) is 11.0 Å². The molecule has 0 fully saturated rings. The number of nitrogens with one attached hydrogen (secondary N) is 3. The molecule has 2 heterocycles. The number of hydrogen-bond donors (Lipinski definition) is 4. The summed E-state index contributed by atoms with van der Waals surface area (Å²) in [6.45, 7) is 0.527. The summed E-state index contributed by atoms with van der Waals surface area (Å²) in [5.41, 5.74) is 9.21. The molecular formula is C20H20N6O. The molecule has 27 heavy (non-hydrogen) atoms. The molecule has 0 spiro atoms. The van der Waals surface area contributed by atoms with Gasteiger partial charge in [0, 0.05) is 36.3 Å². The van der Waals surface area contributed by atoms with Crippen molar-refractivity contribution in [1.82, 2.24) is 15.3 Å². The van der Waals surface area contributed by atoms with Crippen LogP contribution in [0.1, 0.15) is 11.1 Å². The molecule has 5 N–H and O–H groups in total. The molecule has 0 radical (unpaired) electrons. The summed E-state index contributed by atoms with van der Waals surface area (Å²) in [6.07, 6.45) is 4.89. The third-order valence-electron chi connectivity index (χ3n) is 3.99. The van der Waals surface area contributed by atoms with Crippen molar-refractivity contribution in [3.8, 4) is 0 Å². The fraction of sp³-hybridized carbons (Fsp3) is 0.100. The van der Waals surface area contributed by atoms with E-state index in [0.717, 1.165) is 18.2 Å². The molecule has 0 saturated heterocycles. The quantitative estimate of drug-likeness (QED) is 0.506. The highest BCUT2D eigenvalue weighted by atomic mass is 16.2. The van der Waals surface area contributed by atoms with E-state index >= 15 is 0 Å². The zero-order chi connectivity index (χ0) is 19.1. The first-order valence-electron chi connectivity index (χ1n) is 8.48. The SMILES string of the molecule is N=C/C(=C\N)c1cnc2ccc(NC(=O)NCCc3ccccc3)nc2c1. The van der Waals surface area contributed by atoms with E-state index in [9.17, 15) is 4.79 Å². The maximum absolute atomic E-state index is 12.1. The van der Waals surface area contributed by atoms with Gasteiger partial charge in [0.1, 0.15) is 5.82 Å². The Morgan fingerprint density at radius 1 is 1.15 bits per heavy atom. The monoisotopic (exact) mass is 360 g/mol. The van der Waals surface area contributed by atoms with Crippen LogP contribution >= 0.6 is 0 Å². The van der Waals surface area contributed by atoms with Gasteiger partial charge in [-0.05, 0) is 30.2 Å². The van der Waals surface area contributed by atoms with E-state index in [4.69, 9.17) is 11.1 Å². The second-order valence-electron chi connectivity index (χ2n) is 5.84. The predicted octanol–water partition coefficient (Wildman–Crippen LogP) is 2.94. The summed E-state index contributed by atoms with van der Waals surface area (Å²) in [4.78, 5) is 20.8. The molecule has 7 heteroatoms. The Bertz CT molecular complexity index is 984. The van der Waals surface area contributed by atoms with Crippen molar-refractivity contribution < 1.29 is 4.79 Å². The molecule has 0 atom stereocenters. The minimum Gasteiger partial charge on any atom is -0.404 e. The van der Waals surface area contributed by atoms with Gasteiger partial charge < -0.3 is 16.5 Å². The van der Waals surface area contributed by atoms with E-state index in [1.54, 1.807) is 24.4 Å². The third-order valence-corrected chi connectivity index (χ3v) is 3.99. The molecule has 0 aliphatic carbocycles. The number of rotatable bonds is 6. The molecule has 1 aromatic carbocycles. The number of urea groups is 1. The molecule has 3 rings (SSSR count). The number of nitrogens with two attached hydrogens (primary N) is 1. The van der Waals surface area contributed by atoms with Crippen LogP contribution in [-0.2, 0) is 6.42 Å². The van der Waals surface area contributed by atoms with Gasteiger partial charge >= 0.3 is 6.03 Å². The Kier molecular flexibility index (Phi) is 5.73. The summed E-state index contributed by atoms with van der Waals surface area (Å²) >= 11 is 0. The van der Waals surface area contributed by atoms with Crippen LogP contribution in [0.5, 0.6) is 0 Å². The predicted molar refractivity (Wildman–Crippen MR) is 108 cm³/mol. The topological polar surface area (TPSA) is 117 Å². The van der Waals surface area contributed by atoms with Crippen molar-refractivity contribution >= 4 is 34.7 Å². The molecule has 136 valence electrons. The average Bonchev–Trinajstić information content (AvgIpc) is 2.69. The van der Waals surface area contributed by atoms with E-state index in [1.165, 1.54) is 6.20 Å². The number of pyridine rings is 2. The minimum atomic E-state index is -0.316. The van der Waals surface area contributed by atoms with Crippen LogP contribution in [-0.4, -0.2) is 28.8 Å². The normalized spacial score (nSPS) is 11.2. The highest BCUT2D eigenvalue weighted by molar-refractivity contribution is 6.08. The van der Waals surface area contributed by atoms with Crippen molar-refractivity contribution in [2.45, 2.75) is 6.42 Å². The number of benzene rings is 1. The van der Waals surface area contributed by atoms with Crippen LogP contribution in [0.3, 0.4) is 0 Å². The summed E-state index contributed by atoms with van der Waals surface area (Å²) in [6, 6.07) is 14.9. The number of amides is 2. The van der Waals surface area contributed by atoms with Gasteiger partial charge in [0.15, 0.2) is 0 Å². The van der Waals surface area contributed by atoms with Crippen molar-refractivity contribution in [1.29, 1.82) is 5.41 Å². The standard InChI is InChI=1S/C20H20N6O/c21-11-16(12-22)15-10-18-17(24-13-15)6-7-19(25-18)26-20(27)23-9-8-14-4-2-1-3-5-14/h1-7,10-13,21H,8-9,22H2,(H2,23,25,26,27)/b16-12+,21-11?. The van der Waals surface area contributed by atoms with Crippen molar-refractivity contribution in [3.63, 3.8) is 0 Å². The molecule has 0 aliphatic heterocycles. The zero-order valence-corrected chi connectivity index (χ0v) is 14.6. The number of aromatic nitrogens is 2. The van der Waals surface area contributed by atoms with Gasteiger partial charge in [0.2, 0.25) is 0 Å². The smallest absolute Gasteiger partial charge is 0.320 e. The molecule has 7 nitrogen and oxygen atoms in total. The van der Waals surface area contributed by atoms with Crippen LogP contribution in [0.25, 0.3) is 16.6 Å². The number of hydrogen-bond acceptors (Lipinski definition) is 5. The number of carbonyl (C=O) groups excluding carboxylic acids is 1. The van der Waals surface area contributed by atoms with Gasteiger partial charge in [-0.2, -0.15) is 0 Å². The van der Waals surface area contributed by atoms with Crippen LogP contribution < -0.4 is 16.4 Å². The number of fused-ring (bicyclic) bond motifs is 1. The second-order valence-corrected chi connectivity index (χ2v) is 5.84. The lowest BCUT2D eigenvalue weighted by molar-refractivity contribution is 0.252. The summed E-state index contributed by atoms with van der Waals surface area (Å²) in [5.74, 6) is 0.423. The van der Waals surface area contributed by atoms with E-state index in [-0.39, 0.29) is 6.03 Å². The fourth-order valence-electron chi connectivity index (χ4n) is 2.59. The molecular weight excluding hydrogens is 340 g/mol. The van der Waals surface area contributed by atoms with Crippen molar-refractivity contribution in [2.24, 2.45) is 5.73 Å². The molecule has 3 aromatic rings. The van der Waals surface area contributed by atoms with Crippen molar-refractivity contribution in [2.75, 3.05) is 11.9 Å². The lowest BCUT2D eigenvalue weighted by atomic mass is 10.1. The Hall–Kier alpha value is -3.74. The number of carbonyl (C=O) groups is 1. The first-order valence-corrected chi connectivity index (χ1v) is 8.48. The number of anilines is 1. The first-order chi connectivity index (χ1) is 13.2. The van der Waals surface area contributed by atoms with E-state index in [1.807, 2.05) is 30.3 Å². The molecule has 0 bridgehead atoms. The molecule has 0 unspecified atom stereocenters. The van der Waals surface area contributed by atoms with Crippen LogP contribution in [0, 0.1) is 5.41 Å². The minimum absolute atomic E-state index is 0.316. The lowest BCUT2D eigenvalue weighted by Gasteiger charge is -2.08. The molecule has 0 aliphatic rings. The summed E-state index contributed by atoms with van der Waals surface area (Å²) in [5, 5.41) is 12.9. The van der Waals surface area contributed by atoms with Gasteiger partial charge in [-0.25, -0.2) is 9.78 Å². The first kappa shape index (κ1) is 18.1. The average molecular weight is 360 g/mol. The largest absolute Gasteiger partial charge is 0.404 e. The second kappa shape index (κ2) is 8.57. The van der Waals surface area contributed by atoms with E-state index in [2.05, 4.69) is 20.6 Å². The Morgan fingerprint density at radius 3 is 2.70 bits per heavy atom. The number of nitrogens with zero attached hydrogens (tertiary/aromatic N) is 2. The van der Waals surface area contributed by atoms with Crippen LogP contribution in [0.2, 0.25) is 0 Å². The van der Waals surface area contributed by atoms with E-state index in [0.29, 0.717) is 34.5 Å². The summed E-state index contributed by atoms with van der Waals surface area (Å²) < 4.78 is 0. The maximum atomic E-state index is 12.1.